The van der Waals surface area contributed by atoms with Crippen LogP contribution in [0.4, 0.5) is 8.78 Å². The molecular formula is C35H38Cl3F2N3O4. The van der Waals surface area contributed by atoms with Gasteiger partial charge in [0.1, 0.15) is 19.0 Å². The molecule has 0 radical (unpaired) electrons. The van der Waals surface area contributed by atoms with Gasteiger partial charge < -0.3 is 30.1 Å². The van der Waals surface area contributed by atoms with E-state index in [-0.39, 0.29) is 44.9 Å². The summed E-state index contributed by atoms with van der Waals surface area (Å²) in [6.45, 7) is 2.93. The highest BCUT2D eigenvalue weighted by Crippen LogP contribution is 2.36. The number of ether oxygens (including phenoxy) is 2. The van der Waals surface area contributed by atoms with Crippen LogP contribution in [0.2, 0.25) is 15.1 Å². The van der Waals surface area contributed by atoms with Crippen molar-refractivity contribution >= 4 is 46.3 Å². The van der Waals surface area contributed by atoms with E-state index in [1.165, 1.54) is 0 Å². The number of halogens is 5. The molecule has 1 aliphatic carbocycles. The summed E-state index contributed by atoms with van der Waals surface area (Å²) in [5.74, 6) is 0.900. The highest BCUT2D eigenvalue weighted by molar-refractivity contribution is 6.37. The van der Waals surface area contributed by atoms with Gasteiger partial charge in [-0.1, -0.05) is 59.1 Å². The van der Waals surface area contributed by atoms with Crippen molar-refractivity contribution in [1.82, 2.24) is 15.5 Å². The van der Waals surface area contributed by atoms with Gasteiger partial charge in [0.2, 0.25) is 0 Å². The number of nitrogens with one attached hydrogen (secondary N) is 2. The van der Waals surface area contributed by atoms with Gasteiger partial charge in [-0.15, -0.1) is 0 Å². The van der Waals surface area contributed by atoms with Crippen LogP contribution < -0.4 is 20.1 Å². The van der Waals surface area contributed by atoms with Crippen molar-refractivity contribution in [2.75, 3.05) is 32.9 Å². The molecule has 1 saturated carbocycles. The van der Waals surface area contributed by atoms with E-state index in [4.69, 9.17) is 44.3 Å². The number of aryl methyl sites for hydroxylation is 1. The Kier molecular flexibility index (Phi) is 12.4. The molecule has 0 bridgehead atoms. The fourth-order valence-corrected chi connectivity index (χ4v) is 6.59. The molecule has 1 heterocycles. The third-order valence-corrected chi connectivity index (χ3v) is 9.05. The number of carbonyl (C=O) groups is 1. The molecule has 3 aromatic rings. The molecule has 0 spiro atoms. The average molecular weight is 709 g/mol. The van der Waals surface area contributed by atoms with Gasteiger partial charge in [0.05, 0.1) is 29.2 Å². The Morgan fingerprint density at radius 3 is 2.38 bits per heavy atom. The average Bonchev–Trinajstić information content (AvgIpc) is 3.89. The second-order valence-corrected chi connectivity index (χ2v) is 12.9. The van der Waals surface area contributed by atoms with Crippen molar-refractivity contribution in [1.29, 1.82) is 0 Å². The third kappa shape index (κ3) is 9.37. The summed E-state index contributed by atoms with van der Waals surface area (Å²) in [6, 6.07) is 16.0. The van der Waals surface area contributed by atoms with Crippen LogP contribution in [0.1, 0.15) is 41.5 Å². The molecule has 3 N–H and O–H groups in total. The van der Waals surface area contributed by atoms with E-state index in [1.54, 1.807) is 24.3 Å². The zero-order valence-corrected chi connectivity index (χ0v) is 28.3. The van der Waals surface area contributed by atoms with Gasteiger partial charge in [0.15, 0.2) is 5.75 Å². The molecule has 12 heteroatoms. The molecule has 7 nitrogen and oxygen atoms in total. The number of rotatable bonds is 15. The lowest BCUT2D eigenvalue weighted by Gasteiger charge is -2.33. The zero-order valence-electron chi connectivity index (χ0n) is 26.0. The topological polar surface area (TPSA) is 83.1 Å². The predicted molar refractivity (Wildman–Crippen MR) is 182 cm³/mol. The number of hydrogen-bond donors (Lipinski definition) is 3. The van der Waals surface area contributed by atoms with Crippen LogP contribution in [0.25, 0.3) is 5.57 Å². The minimum atomic E-state index is -2.44. The largest absolute Gasteiger partial charge is 0.490 e. The Bertz CT molecular complexity index is 1560. The second-order valence-electron chi connectivity index (χ2n) is 11.7. The first kappa shape index (κ1) is 35.4. The first-order valence-electron chi connectivity index (χ1n) is 15.6. The van der Waals surface area contributed by atoms with Gasteiger partial charge in [-0.3, -0.25) is 4.79 Å². The minimum absolute atomic E-state index is 0.0527. The van der Waals surface area contributed by atoms with Gasteiger partial charge in [-0.05, 0) is 90.9 Å². The molecule has 0 unspecified atom stereocenters. The normalized spacial score (nSPS) is 16.5. The van der Waals surface area contributed by atoms with Gasteiger partial charge in [-0.2, -0.15) is 0 Å². The van der Waals surface area contributed by atoms with Crippen molar-refractivity contribution in [2.24, 2.45) is 0 Å². The van der Waals surface area contributed by atoms with Crippen LogP contribution in [0.15, 0.2) is 60.2 Å². The SMILES string of the molecule is Cc1cc(Cl)c(OCCOc2ccc(C3=C(C(=O)N(Cc4cc(CNCC(F)F)ccc4Cl)C4CC4)[C@@H](CO)NCC3)cc2)c(Cl)c1. The molecule has 0 saturated heterocycles. The molecule has 5 rings (SSSR count). The number of benzene rings is 3. The van der Waals surface area contributed by atoms with Gasteiger partial charge in [0, 0.05) is 29.7 Å². The van der Waals surface area contributed by atoms with Gasteiger partial charge in [-0.25, -0.2) is 8.78 Å². The Hall–Kier alpha value is -2.92. The lowest BCUT2D eigenvalue weighted by molar-refractivity contribution is -0.128. The fourth-order valence-electron chi connectivity index (χ4n) is 5.71. The second kappa shape index (κ2) is 16.5. The van der Waals surface area contributed by atoms with E-state index in [2.05, 4.69) is 10.6 Å². The summed E-state index contributed by atoms with van der Waals surface area (Å²) in [4.78, 5) is 16.2. The maximum atomic E-state index is 14.3. The van der Waals surface area contributed by atoms with Crippen molar-refractivity contribution in [2.45, 2.75) is 57.8 Å². The lowest BCUT2D eigenvalue weighted by atomic mass is 9.88. The van der Waals surface area contributed by atoms with Crippen molar-refractivity contribution in [3.63, 3.8) is 0 Å². The Morgan fingerprint density at radius 1 is 1.02 bits per heavy atom. The molecule has 1 amide bonds. The third-order valence-electron chi connectivity index (χ3n) is 8.12. The molecule has 1 aliphatic heterocycles. The Morgan fingerprint density at radius 2 is 1.72 bits per heavy atom. The van der Waals surface area contributed by atoms with Crippen LogP contribution in [0, 0.1) is 6.92 Å². The molecule has 252 valence electrons. The number of aliphatic hydroxyl groups excluding tert-OH is 1. The number of carbonyl (C=O) groups excluding carboxylic acids is 1. The van der Waals surface area contributed by atoms with Crippen molar-refractivity contribution in [3.8, 4) is 11.5 Å². The summed E-state index contributed by atoms with van der Waals surface area (Å²) < 4.78 is 36.9. The van der Waals surface area contributed by atoms with E-state index in [0.29, 0.717) is 45.1 Å². The molecular weight excluding hydrogens is 671 g/mol. The molecule has 1 fully saturated rings. The minimum Gasteiger partial charge on any atom is -0.490 e. The Balaban J connectivity index is 1.30. The summed E-state index contributed by atoms with van der Waals surface area (Å²) in [7, 11) is 0. The highest BCUT2D eigenvalue weighted by atomic mass is 35.5. The van der Waals surface area contributed by atoms with E-state index in [9.17, 15) is 18.7 Å². The fraction of sp³-hybridized carbons (Fsp3) is 0.400. The number of aliphatic hydroxyl groups is 1. The van der Waals surface area contributed by atoms with E-state index in [1.807, 2.05) is 42.2 Å². The number of nitrogens with zero attached hydrogens (tertiary/aromatic N) is 1. The molecule has 1 atom stereocenters. The zero-order chi connectivity index (χ0) is 33.5. The van der Waals surface area contributed by atoms with E-state index < -0.39 is 19.0 Å². The summed E-state index contributed by atoms with van der Waals surface area (Å²) in [5.41, 5.74) is 4.76. The quantitative estimate of drug-likeness (QED) is 0.147. The van der Waals surface area contributed by atoms with Crippen LogP contribution in [0.3, 0.4) is 0 Å². The van der Waals surface area contributed by atoms with E-state index in [0.717, 1.165) is 40.7 Å². The van der Waals surface area contributed by atoms with E-state index >= 15 is 0 Å². The number of hydrogen-bond acceptors (Lipinski definition) is 6. The highest BCUT2D eigenvalue weighted by Gasteiger charge is 2.38. The summed E-state index contributed by atoms with van der Waals surface area (Å²) in [6.07, 6.45) is -0.0918. The summed E-state index contributed by atoms with van der Waals surface area (Å²) in [5, 5.41) is 17.7. The number of alkyl halides is 2. The lowest BCUT2D eigenvalue weighted by Crippen LogP contribution is -2.46. The van der Waals surface area contributed by atoms with Crippen LogP contribution in [-0.4, -0.2) is 67.3 Å². The van der Waals surface area contributed by atoms with Gasteiger partial charge in [0.25, 0.3) is 12.3 Å². The number of amides is 1. The van der Waals surface area contributed by atoms with Crippen LogP contribution >= 0.6 is 34.8 Å². The maximum Gasteiger partial charge on any atom is 0.252 e. The molecule has 2 aliphatic rings. The maximum absolute atomic E-state index is 14.3. The summed E-state index contributed by atoms with van der Waals surface area (Å²) >= 11 is 19.1. The smallest absolute Gasteiger partial charge is 0.252 e. The van der Waals surface area contributed by atoms with Gasteiger partial charge >= 0.3 is 0 Å². The predicted octanol–water partition coefficient (Wildman–Crippen LogP) is 7.07. The first-order valence-corrected chi connectivity index (χ1v) is 16.7. The van der Waals surface area contributed by atoms with Crippen molar-refractivity contribution < 1.29 is 28.2 Å². The standard InChI is InChI=1S/C35H38Cl3F2N3O4/c1-21-14-29(37)34(30(38)15-21)47-13-12-46-26-7-3-23(4-8-26)27-10-11-42-31(20-44)33(27)35(45)43(25-5-6-25)19-24-16-22(2-9-28(24)36)17-41-18-32(39)40/h2-4,7-9,14-16,25,31-32,41-42,44H,5-6,10-13,17-20H2,1H3/t31-/m1/s1. The monoisotopic (exact) mass is 707 g/mol. The Labute approximate surface area is 288 Å². The van der Waals surface area contributed by atoms with Crippen LogP contribution in [0.5, 0.6) is 11.5 Å². The van der Waals surface area contributed by atoms with Crippen LogP contribution in [-0.2, 0) is 17.9 Å². The molecule has 3 aromatic carbocycles. The van der Waals surface area contributed by atoms with Crippen molar-refractivity contribution in [3.05, 3.63) is 97.5 Å². The molecule has 0 aromatic heterocycles. The first-order chi connectivity index (χ1) is 22.6. The molecule has 47 heavy (non-hydrogen) atoms.